The van der Waals surface area contributed by atoms with Crippen LogP contribution in [0.25, 0.3) is 0 Å². The van der Waals surface area contributed by atoms with E-state index in [0.29, 0.717) is 24.3 Å². The highest BCUT2D eigenvalue weighted by Crippen LogP contribution is 2.32. The van der Waals surface area contributed by atoms with Gasteiger partial charge in [-0.1, -0.05) is 6.92 Å². The maximum Gasteiger partial charge on any atom is 0.329 e. The average Bonchev–Trinajstić information content (AvgIpc) is 2.73. The Morgan fingerprint density at radius 1 is 1.45 bits per heavy atom. The van der Waals surface area contributed by atoms with E-state index in [0.717, 1.165) is 18.5 Å². The Labute approximate surface area is 118 Å². The number of carboxylic acids is 1. The van der Waals surface area contributed by atoms with Crippen molar-refractivity contribution in [3.05, 3.63) is 17.5 Å². The van der Waals surface area contributed by atoms with Gasteiger partial charge < -0.3 is 10.4 Å². The van der Waals surface area contributed by atoms with Gasteiger partial charge in [-0.05, 0) is 38.5 Å². The first kappa shape index (κ1) is 14.6. The largest absolute Gasteiger partial charge is 0.480 e. The van der Waals surface area contributed by atoms with E-state index in [1.807, 2.05) is 0 Å². The van der Waals surface area contributed by atoms with E-state index >= 15 is 0 Å². The highest BCUT2D eigenvalue weighted by Gasteiger charge is 2.42. The molecular weight excluding hydrogens is 258 g/mol. The summed E-state index contributed by atoms with van der Waals surface area (Å²) in [5.41, 5.74) is 0.0326. The normalized spacial score (nSPS) is 26.2. The van der Waals surface area contributed by atoms with E-state index in [-0.39, 0.29) is 5.91 Å². The second kappa shape index (κ2) is 5.26. The summed E-state index contributed by atoms with van der Waals surface area (Å²) in [6, 6.07) is 0. The van der Waals surface area contributed by atoms with Crippen molar-refractivity contribution in [1.82, 2.24) is 15.1 Å². The summed E-state index contributed by atoms with van der Waals surface area (Å²) in [4.78, 5) is 23.9. The van der Waals surface area contributed by atoms with Crippen molar-refractivity contribution in [2.75, 3.05) is 0 Å². The maximum atomic E-state index is 12.3. The van der Waals surface area contributed by atoms with Crippen LogP contribution in [0.1, 0.15) is 48.7 Å². The first-order valence-electron chi connectivity index (χ1n) is 6.90. The average molecular weight is 279 g/mol. The summed E-state index contributed by atoms with van der Waals surface area (Å²) in [5.74, 6) is -0.786. The minimum absolute atomic E-state index is 0.354. The van der Waals surface area contributed by atoms with Crippen LogP contribution in [0.15, 0.2) is 6.20 Å². The Hall–Kier alpha value is -1.85. The molecular formula is C14H21N3O3. The second-order valence-corrected chi connectivity index (χ2v) is 5.79. The van der Waals surface area contributed by atoms with Gasteiger partial charge in [0.1, 0.15) is 5.54 Å². The van der Waals surface area contributed by atoms with E-state index in [1.54, 1.807) is 18.7 Å². The molecule has 1 amide bonds. The fourth-order valence-corrected chi connectivity index (χ4v) is 2.65. The molecule has 1 aromatic rings. The van der Waals surface area contributed by atoms with Crippen molar-refractivity contribution in [2.45, 2.75) is 45.1 Å². The molecule has 0 aliphatic heterocycles. The molecule has 0 saturated heterocycles. The molecule has 6 heteroatoms. The molecule has 0 unspecified atom stereocenters. The molecule has 0 atom stereocenters. The minimum Gasteiger partial charge on any atom is -0.480 e. The zero-order chi connectivity index (χ0) is 14.9. The molecule has 1 aliphatic carbocycles. The van der Waals surface area contributed by atoms with Crippen molar-refractivity contribution < 1.29 is 14.7 Å². The number of nitrogens with one attached hydrogen (secondary N) is 1. The van der Waals surface area contributed by atoms with Crippen molar-refractivity contribution in [2.24, 2.45) is 13.0 Å². The van der Waals surface area contributed by atoms with E-state index in [1.165, 1.54) is 6.20 Å². The summed E-state index contributed by atoms with van der Waals surface area (Å²) < 4.78 is 1.60. The number of carbonyl (C=O) groups is 2. The highest BCUT2D eigenvalue weighted by molar-refractivity contribution is 5.98. The maximum absolute atomic E-state index is 12.3. The number of nitrogens with zero attached hydrogens (tertiary/aromatic N) is 2. The van der Waals surface area contributed by atoms with Gasteiger partial charge in [0, 0.05) is 12.7 Å². The molecule has 0 radical (unpaired) electrons. The standard InChI is InChI=1S/C14H21N3O3/c1-9-4-6-14(7-5-9,13(19)20)16-12(18)11-8-15-17(3)10(11)2/h8-9H,4-7H2,1-3H3,(H,16,18)(H,19,20). The molecule has 1 saturated carbocycles. The Bertz CT molecular complexity index is 528. The van der Waals surface area contributed by atoms with Gasteiger partial charge in [0.2, 0.25) is 0 Å². The SMILES string of the molecule is Cc1c(C(=O)NC2(C(=O)O)CCC(C)CC2)cnn1C. The van der Waals surface area contributed by atoms with Crippen LogP contribution in [-0.2, 0) is 11.8 Å². The van der Waals surface area contributed by atoms with Crippen LogP contribution in [0, 0.1) is 12.8 Å². The van der Waals surface area contributed by atoms with Gasteiger partial charge in [0.15, 0.2) is 0 Å². The lowest BCUT2D eigenvalue weighted by molar-refractivity contribution is -0.146. The summed E-state index contributed by atoms with van der Waals surface area (Å²) >= 11 is 0. The lowest BCUT2D eigenvalue weighted by Gasteiger charge is -2.36. The minimum atomic E-state index is -1.13. The fraction of sp³-hybridized carbons (Fsp3) is 0.643. The summed E-state index contributed by atoms with van der Waals surface area (Å²) in [6.07, 6.45) is 4.08. The molecule has 20 heavy (non-hydrogen) atoms. The Morgan fingerprint density at radius 2 is 2.05 bits per heavy atom. The molecule has 0 spiro atoms. The van der Waals surface area contributed by atoms with Crippen LogP contribution in [0.4, 0.5) is 0 Å². The van der Waals surface area contributed by atoms with Crippen LogP contribution < -0.4 is 5.32 Å². The number of aliphatic carboxylic acids is 1. The number of carbonyl (C=O) groups excluding carboxylic acids is 1. The predicted molar refractivity (Wildman–Crippen MR) is 73.4 cm³/mol. The van der Waals surface area contributed by atoms with Gasteiger partial charge in [-0.2, -0.15) is 5.10 Å². The van der Waals surface area contributed by atoms with Crippen molar-refractivity contribution >= 4 is 11.9 Å². The zero-order valence-corrected chi connectivity index (χ0v) is 12.1. The molecule has 1 aromatic heterocycles. The molecule has 0 bridgehead atoms. The summed E-state index contributed by atoms with van der Waals surface area (Å²) in [5, 5.41) is 16.3. The lowest BCUT2D eigenvalue weighted by atomic mass is 9.77. The number of hydrogen-bond acceptors (Lipinski definition) is 3. The quantitative estimate of drug-likeness (QED) is 0.878. The lowest BCUT2D eigenvalue weighted by Crippen LogP contribution is -2.56. The van der Waals surface area contributed by atoms with Crippen LogP contribution in [0.5, 0.6) is 0 Å². The topological polar surface area (TPSA) is 84.2 Å². The molecule has 1 aliphatic rings. The number of aryl methyl sites for hydroxylation is 1. The third-order valence-corrected chi connectivity index (χ3v) is 4.37. The van der Waals surface area contributed by atoms with E-state index < -0.39 is 11.5 Å². The first-order chi connectivity index (χ1) is 9.35. The van der Waals surface area contributed by atoms with Gasteiger partial charge in [0.05, 0.1) is 11.8 Å². The third-order valence-electron chi connectivity index (χ3n) is 4.37. The smallest absolute Gasteiger partial charge is 0.329 e. The first-order valence-corrected chi connectivity index (χ1v) is 6.90. The van der Waals surface area contributed by atoms with Crippen LogP contribution in [-0.4, -0.2) is 32.3 Å². The Kier molecular flexibility index (Phi) is 3.83. The van der Waals surface area contributed by atoms with Gasteiger partial charge in [-0.3, -0.25) is 9.48 Å². The number of aromatic nitrogens is 2. The Balaban J connectivity index is 2.19. The third kappa shape index (κ3) is 2.55. The van der Waals surface area contributed by atoms with Crippen LogP contribution in [0.2, 0.25) is 0 Å². The summed E-state index contributed by atoms with van der Waals surface area (Å²) in [6.45, 7) is 3.90. The monoisotopic (exact) mass is 279 g/mol. The van der Waals surface area contributed by atoms with Crippen molar-refractivity contribution in [3.8, 4) is 0 Å². The van der Waals surface area contributed by atoms with Gasteiger partial charge in [-0.15, -0.1) is 0 Å². The molecule has 110 valence electrons. The molecule has 1 fully saturated rings. The molecule has 0 aromatic carbocycles. The predicted octanol–water partition coefficient (Wildman–Crippen LogP) is 1.49. The number of carboxylic acid groups (broad SMARTS) is 1. The number of hydrogen-bond donors (Lipinski definition) is 2. The number of rotatable bonds is 3. The Morgan fingerprint density at radius 3 is 2.50 bits per heavy atom. The second-order valence-electron chi connectivity index (χ2n) is 5.79. The zero-order valence-electron chi connectivity index (χ0n) is 12.1. The van der Waals surface area contributed by atoms with Gasteiger partial charge in [-0.25, -0.2) is 4.79 Å². The fourth-order valence-electron chi connectivity index (χ4n) is 2.65. The van der Waals surface area contributed by atoms with E-state index in [4.69, 9.17) is 0 Å². The molecule has 1 heterocycles. The molecule has 2 rings (SSSR count). The van der Waals surface area contributed by atoms with E-state index in [2.05, 4.69) is 17.3 Å². The van der Waals surface area contributed by atoms with E-state index in [9.17, 15) is 14.7 Å². The van der Waals surface area contributed by atoms with Crippen LogP contribution in [0.3, 0.4) is 0 Å². The van der Waals surface area contributed by atoms with Crippen molar-refractivity contribution in [3.63, 3.8) is 0 Å². The van der Waals surface area contributed by atoms with Crippen molar-refractivity contribution in [1.29, 1.82) is 0 Å². The van der Waals surface area contributed by atoms with Gasteiger partial charge >= 0.3 is 5.97 Å². The number of amides is 1. The van der Waals surface area contributed by atoms with Gasteiger partial charge in [0.25, 0.3) is 5.91 Å². The highest BCUT2D eigenvalue weighted by atomic mass is 16.4. The molecule has 6 nitrogen and oxygen atoms in total. The summed E-state index contributed by atoms with van der Waals surface area (Å²) in [7, 11) is 1.75. The van der Waals surface area contributed by atoms with Crippen LogP contribution >= 0.6 is 0 Å². The molecule has 2 N–H and O–H groups in total.